The Morgan fingerprint density at radius 1 is 1.33 bits per heavy atom. The minimum atomic E-state index is -4.95. The second kappa shape index (κ2) is 4.59. The van der Waals surface area contributed by atoms with E-state index in [4.69, 9.17) is 0 Å². The topological polar surface area (TPSA) is 17.8 Å². The van der Waals surface area contributed by atoms with Crippen LogP contribution < -0.4 is 56.8 Å². The summed E-state index contributed by atoms with van der Waals surface area (Å²) in [5, 5.41) is 0.518. The molecule has 2 nitrogen and oxygen atoms in total. The number of aromatic nitrogens is 2. The molecule has 2 aromatic rings. The summed E-state index contributed by atoms with van der Waals surface area (Å²) < 4.78 is 38.7. The largest absolute Gasteiger partial charge is 1.00 e. The van der Waals surface area contributed by atoms with Crippen molar-refractivity contribution in [2.45, 2.75) is 0 Å². The zero-order valence-electron chi connectivity index (χ0n) is 8.42. The molecule has 0 aromatic carbocycles. The van der Waals surface area contributed by atoms with E-state index in [1.807, 2.05) is 0 Å². The molecule has 2 rings (SSSR count). The van der Waals surface area contributed by atoms with Gasteiger partial charge in [-0.05, 0) is 6.07 Å². The van der Waals surface area contributed by atoms with Crippen LogP contribution in [0.4, 0.5) is 12.9 Å². The number of fused-ring (bicyclic) bond motifs is 1. The van der Waals surface area contributed by atoms with Crippen molar-refractivity contribution in [2.75, 3.05) is 0 Å². The van der Waals surface area contributed by atoms with Gasteiger partial charge in [0.15, 0.2) is 0 Å². The van der Waals surface area contributed by atoms with Crippen LogP contribution in [0.2, 0.25) is 0 Å². The summed E-state index contributed by atoms with van der Waals surface area (Å²) in [6.07, 6.45) is 2.56. The van der Waals surface area contributed by atoms with Crippen LogP contribution in [0.15, 0.2) is 24.5 Å². The van der Waals surface area contributed by atoms with E-state index < -0.39 is 12.4 Å². The fraction of sp³-hybridized carbons (Fsp3) is 0.125. The maximum Gasteiger partial charge on any atom is 1.00 e. The van der Waals surface area contributed by atoms with Gasteiger partial charge in [0, 0.05) is 24.8 Å². The van der Waals surface area contributed by atoms with Crippen molar-refractivity contribution in [3.8, 4) is 0 Å². The molecule has 0 atom stereocenters. The Hall–Kier alpha value is 0.181. The van der Waals surface area contributed by atoms with Crippen LogP contribution in [0.1, 0.15) is 0 Å². The summed E-state index contributed by atoms with van der Waals surface area (Å²) >= 11 is 0. The van der Waals surface area contributed by atoms with Gasteiger partial charge in [-0.15, -0.1) is 0 Å². The second-order valence-electron chi connectivity index (χ2n) is 3.18. The Balaban J connectivity index is 0.00000112. The summed E-state index contributed by atoms with van der Waals surface area (Å²) in [5.74, 6) is 0. The Morgan fingerprint density at radius 3 is 2.60 bits per heavy atom. The van der Waals surface area contributed by atoms with Crippen molar-refractivity contribution >= 4 is 23.5 Å². The Kier molecular flexibility index (Phi) is 4.05. The monoisotopic (exact) mass is 238 g/mol. The Labute approximate surface area is 127 Å². The van der Waals surface area contributed by atoms with E-state index >= 15 is 0 Å². The first-order valence-electron chi connectivity index (χ1n) is 4.09. The number of nitrogens with zero attached hydrogens (tertiary/aromatic N) is 2. The minimum Gasteiger partial charge on any atom is -0.445 e. The van der Waals surface area contributed by atoms with Crippen molar-refractivity contribution in [2.24, 2.45) is 7.05 Å². The maximum absolute atomic E-state index is 12.3. The third-order valence-corrected chi connectivity index (χ3v) is 2.11. The van der Waals surface area contributed by atoms with Gasteiger partial charge in [-0.25, -0.2) is 4.98 Å². The number of hydrogen-bond acceptors (Lipinski definition) is 1. The number of hydrogen-bond donors (Lipinski definition) is 0. The van der Waals surface area contributed by atoms with Crippen molar-refractivity contribution in [3.63, 3.8) is 0 Å². The van der Waals surface area contributed by atoms with E-state index in [-0.39, 0.29) is 51.4 Å². The van der Waals surface area contributed by atoms with Gasteiger partial charge in [-0.2, -0.15) is 0 Å². The van der Waals surface area contributed by atoms with Crippen LogP contribution in [-0.4, -0.2) is 16.5 Å². The molecule has 2 heterocycles. The van der Waals surface area contributed by atoms with Crippen molar-refractivity contribution in [3.05, 3.63) is 24.5 Å². The molecule has 0 saturated carbocycles. The van der Waals surface area contributed by atoms with E-state index in [0.29, 0.717) is 11.0 Å². The van der Waals surface area contributed by atoms with E-state index in [9.17, 15) is 12.9 Å². The van der Waals surface area contributed by atoms with Gasteiger partial charge < -0.3 is 17.5 Å². The smallest absolute Gasteiger partial charge is 0.445 e. The van der Waals surface area contributed by atoms with Gasteiger partial charge >= 0.3 is 58.4 Å². The minimum absolute atomic E-state index is 0. The SMILES string of the molecule is Cn1ccc2cc([B-](F)(F)F)cnc21.[K+]. The summed E-state index contributed by atoms with van der Waals surface area (Å²) in [7, 11) is 1.74. The van der Waals surface area contributed by atoms with Gasteiger partial charge in [0.1, 0.15) is 5.65 Å². The van der Waals surface area contributed by atoms with E-state index in [1.165, 1.54) is 0 Å². The molecule has 0 fully saturated rings. The Morgan fingerprint density at radius 2 is 2.00 bits per heavy atom. The molecule has 0 aliphatic carbocycles. The first-order valence-corrected chi connectivity index (χ1v) is 4.09. The average molecular weight is 238 g/mol. The molecule has 0 aliphatic rings. The second-order valence-corrected chi connectivity index (χ2v) is 3.18. The van der Waals surface area contributed by atoms with Crippen LogP contribution in [0.25, 0.3) is 11.0 Å². The van der Waals surface area contributed by atoms with Gasteiger partial charge in [0.05, 0.1) is 0 Å². The predicted octanol–water partition coefficient (Wildman–Crippen LogP) is -1.37. The van der Waals surface area contributed by atoms with Crippen molar-refractivity contribution in [1.29, 1.82) is 0 Å². The molecule has 0 aliphatic heterocycles. The molecule has 0 N–H and O–H groups in total. The van der Waals surface area contributed by atoms with Gasteiger partial charge in [-0.1, -0.05) is 11.5 Å². The molecule has 0 radical (unpaired) electrons. The number of pyridine rings is 1. The number of aryl methyl sites for hydroxylation is 1. The first-order chi connectivity index (χ1) is 6.48. The molecule has 74 valence electrons. The van der Waals surface area contributed by atoms with E-state index in [2.05, 4.69) is 4.98 Å². The normalized spacial score (nSPS) is 11.5. The summed E-state index contributed by atoms with van der Waals surface area (Å²) in [5.41, 5.74) is -0.0856. The molecule has 2 aromatic heterocycles. The summed E-state index contributed by atoms with van der Waals surface area (Å²) in [4.78, 5) is 3.77. The average Bonchev–Trinajstić information content (AvgIpc) is 2.46. The maximum atomic E-state index is 12.3. The van der Waals surface area contributed by atoms with Crippen LogP contribution in [-0.2, 0) is 7.05 Å². The van der Waals surface area contributed by atoms with Crippen LogP contribution in [0.3, 0.4) is 0 Å². The zero-order chi connectivity index (χ0) is 10.3. The number of halogens is 3. The quantitative estimate of drug-likeness (QED) is 0.560. The molecule has 7 heteroatoms. The molecule has 0 bridgehead atoms. The molecule has 0 unspecified atom stereocenters. The Bertz CT molecular complexity index is 480. The van der Waals surface area contributed by atoms with Gasteiger partial charge in [0.25, 0.3) is 0 Å². The molecular formula is C8H7BF3KN2. The van der Waals surface area contributed by atoms with Crippen LogP contribution in [0, 0.1) is 0 Å². The third kappa shape index (κ3) is 2.65. The third-order valence-electron chi connectivity index (χ3n) is 2.11. The first kappa shape index (κ1) is 13.2. The molecule has 0 spiro atoms. The fourth-order valence-corrected chi connectivity index (χ4v) is 1.35. The predicted molar refractivity (Wildman–Crippen MR) is 49.4 cm³/mol. The fourth-order valence-electron chi connectivity index (χ4n) is 1.35. The van der Waals surface area contributed by atoms with E-state index in [1.54, 1.807) is 23.9 Å². The van der Waals surface area contributed by atoms with Crippen molar-refractivity contribution < 1.29 is 64.3 Å². The zero-order valence-corrected chi connectivity index (χ0v) is 11.5. The van der Waals surface area contributed by atoms with Crippen LogP contribution >= 0.6 is 0 Å². The molecule has 0 amide bonds. The molecular weight excluding hydrogens is 231 g/mol. The van der Waals surface area contributed by atoms with Gasteiger partial charge in [0.2, 0.25) is 0 Å². The summed E-state index contributed by atoms with van der Waals surface area (Å²) in [6.45, 7) is -4.95. The standard InChI is InChI=1S/C8H7BF3N2.K/c1-14-3-2-6-4-7(9(10,11)12)5-13-8(6)14;/h2-5H,1H3;/q-1;+1. The van der Waals surface area contributed by atoms with E-state index in [0.717, 1.165) is 12.3 Å². The van der Waals surface area contributed by atoms with Gasteiger partial charge in [-0.3, -0.25) is 0 Å². The molecule has 15 heavy (non-hydrogen) atoms. The van der Waals surface area contributed by atoms with Crippen LogP contribution in [0.5, 0.6) is 0 Å². The molecule has 0 saturated heterocycles. The number of rotatable bonds is 1. The summed E-state index contributed by atoms with van der Waals surface area (Å²) in [6, 6.07) is 2.75. The van der Waals surface area contributed by atoms with Crippen molar-refractivity contribution in [1.82, 2.24) is 9.55 Å².